The molecule has 1 heterocycles. The highest BCUT2D eigenvalue weighted by atomic mass is 32.1. The first kappa shape index (κ1) is 18.4. The van der Waals surface area contributed by atoms with Crippen LogP contribution in [0.3, 0.4) is 0 Å². The van der Waals surface area contributed by atoms with Crippen LogP contribution >= 0.6 is 12.2 Å². The number of hydrogen-bond donors (Lipinski definition) is 2. The highest BCUT2D eigenvalue weighted by Crippen LogP contribution is 2.31. The van der Waals surface area contributed by atoms with Crippen molar-refractivity contribution in [1.29, 1.82) is 0 Å². The molecule has 1 aliphatic rings. The van der Waals surface area contributed by atoms with E-state index in [1.165, 1.54) is 19.2 Å². The number of benzene rings is 2. The molecule has 0 spiro atoms. The summed E-state index contributed by atoms with van der Waals surface area (Å²) >= 11 is 5.10. The van der Waals surface area contributed by atoms with E-state index in [2.05, 4.69) is 10.6 Å². The molecule has 0 bridgehead atoms. The van der Waals surface area contributed by atoms with Gasteiger partial charge < -0.3 is 19.5 Å². The summed E-state index contributed by atoms with van der Waals surface area (Å²) < 4.78 is 15.8. The number of ether oxygens (including phenoxy) is 3. The van der Waals surface area contributed by atoms with Gasteiger partial charge >= 0.3 is 5.69 Å². The van der Waals surface area contributed by atoms with E-state index in [0.717, 1.165) is 0 Å². The summed E-state index contributed by atoms with van der Waals surface area (Å²) in [7, 11) is 1.34. The lowest BCUT2D eigenvalue weighted by atomic mass is 10.2. The number of hydrogen-bond acceptors (Lipinski definition) is 7. The average Bonchev–Trinajstić information content (AvgIpc) is 2.67. The molecule has 140 valence electrons. The van der Waals surface area contributed by atoms with E-state index in [0.29, 0.717) is 36.0 Å². The van der Waals surface area contributed by atoms with Crippen LogP contribution in [-0.4, -0.2) is 36.3 Å². The first-order chi connectivity index (χ1) is 13.0. The van der Waals surface area contributed by atoms with Gasteiger partial charge in [0.2, 0.25) is 0 Å². The monoisotopic (exact) mass is 389 g/mol. The van der Waals surface area contributed by atoms with Crippen LogP contribution in [0.15, 0.2) is 36.4 Å². The normalized spacial score (nSPS) is 12.0. The lowest BCUT2D eigenvalue weighted by Crippen LogP contribution is -2.34. The molecule has 0 fully saturated rings. The molecule has 0 aromatic heterocycles. The van der Waals surface area contributed by atoms with E-state index in [1.807, 2.05) is 0 Å². The van der Waals surface area contributed by atoms with Crippen LogP contribution in [0.5, 0.6) is 17.2 Å². The van der Waals surface area contributed by atoms with Gasteiger partial charge in [-0.25, -0.2) is 0 Å². The van der Waals surface area contributed by atoms with E-state index in [-0.39, 0.29) is 16.5 Å². The van der Waals surface area contributed by atoms with Gasteiger partial charge in [-0.05, 0) is 42.5 Å². The number of anilines is 1. The van der Waals surface area contributed by atoms with E-state index in [1.54, 1.807) is 24.3 Å². The zero-order valence-electron chi connectivity index (χ0n) is 14.2. The number of nitrogens with zero attached hydrogens (tertiary/aromatic N) is 1. The van der Waals surface area contributed by atoms with Gasteiger partial charge in [-0.1, -0.05) is 0 Å². The second-order valence-corrected chi connectivity index (χ2v) is 5.82. The highest BCUT2D eigenvalue weighted by molar-refractivity contribution is 7.80. The van der Waals surface area contributed by atoms with Crippen molar-refractivity contribution >= 4 is 34.6 Å². The Morgan fingerprint density at radius 3 is 2.63 bits per heavy atom. The molecule has 0 saturated heterocycles. The molecule has 10 heteroatoms. The van der Waals surface area contributed by atoms with E-state index in [9.17, 15) is 14.9 Å². The van der Waals surface area contributed by atoms with E-state index >= 15 is 0 Å². The molecule has 0 aliphatic carbocycles. The maximum Gasteiger partial charge on any atom is 0.312 e. The largest absolute Gasteiger partial charge is 0.490 e. The Morgan fingerprint density at radius 2 is 1.93 bits per heavy atom. The van der Waals surface area contributed by atoms with Crippen molar-refractivity contribution in [1.82, 2.24) is 5.32 Å². The Morgan fingerprint density at radius 1 is 1.19 bits per heavy atom. The van der Waals surface area contributed by atoms with Gasteiger partial charge in [0.15, 0.2) is 22.4 Å². The molecule has 0 saturated carbocycles. The molecule has 27 heavy (non-hydrogen) atoms. The first-order valence-corrected chi connectivity index (χ1v) is 8.23. The predicted octanol–water partition coefficient (Wildman–Crippen LogP) is 2.50. The number of nitro groups is 1. The third-order valence-corrected chi connectivity index (χ3v) is 3.87. The number of methoxy groups -OCH3 is 1. The van der Waals surface area contributed by atoms with Crippen molar-refractivity contribution < 1.29 is 23.9 Å². The number of carbonyl (C=O) groups is 1. The zero-order valence-corrected chi connectivity index (χ0v) is 15.0. The Balaban J connectivity index is 1.68. The molecule has 3 rings (SSSR count). The fraction of sp³-hybridized carbons (Fsp3) is 0.176. The molecule has 2 N–H and O–H groups in total. The van der Waals surface area contributed by atoms with Crippen LogP contribution in [0.1, 0.15) is 10.4 Å². The fourth-order valence-electron chi connectivity index (χ4n) is 2.43. The Bertz CT molecular complexity index is 918. The Hall–Kier alpha value is -3.40. The number of amides is 1. The smallest absolute Gasteiger partial charge is 0.312 e. The van der Waals surface area contributed by atoms with Crippen LogP contribution in [0.2, 0.25) is 0 Å². The second-order valence-electron chi connectivity index (χ2n) is 5.41. The molecule has 1 amide bonds. The van der Waals surface area contributed by atoms with Crippen LogP contribution in [0.25, 0.3) is 0 Å². The lowest BCUT2D eigenvalue weighted by Gasteiger charge is -2.18. The van der Waals surface area contributed by atoms with Gasteiger partial charge in [0.05, 0.1) is 12.0 Å². The van der Waals surface area contributed by atoms with Gasteiger partial charge in [-0.3, -0.25) is 20.2 Å². The topological polar surface area (TPSA) is 112 Å². The van der Waals surface area contributed by atoms with Crippen molar-refractivity contribution in [3.63, 3.8) is 0 Å². The molecule has 0 atom stereocenters. The first-order valence-electron chi connectivity index (χ1n) is 7.82. The van der Waals surface area contributed by atoms with Crippen molar-refractivity contribution in [3.8, 4) is 17.2 Å². The minimum atomic E-state index is -0.569. The number of thiocarbonyl (C=S) groups is 1. The van der Waals surface area contributed by atoms with Crippen LogP contribution < -0.4 is 24.8 Å². The second kappa shape index (κ2) is 7.87. The number of rotatable bonds is 4. The quantitative estimate of drug-likeness (QED) is 0.466. The van der Waals surface area contributed by atoms with Crippen LogP contribution in [-0.2, 0) is 0 Å². The van der Waals surface area contributed by atoms with E-state index < -0.39 is 10.8 Å². The minimum Gasteiger partial charge on any atom is -0.490 e. The number of nitro benzene ring substituents is 1. The average molecular weight is 389 g/mol. The molecule has 2 aromatic carbocycles. The molecule has 9 nitrogen and oxygen atoms in total. The summed E-state index contributed by atoms with van der Waals surface area (Å²) in [6.45, 7) is 0.870. The zero-order chi connectivity index (χ0) is 19.4. The fourth-order valence-corrected chi connectivity index (χ4v) is 2.64. The summed E-state index contributed by atoms with van der Waals surface area (Å²) in [6, 6.07) is 9.04. The number of fused-ring (bicyclic) bond motifs is 1. The summed E-state index contributed by atoms with van der Waals surface area (Å²) in [5, 5.41) is 16.3. The summed E-state index contributed by atoms with van der Waals surface area (Å²) in [4.78, 5) is 22.8. The van der Waals surface area contributed by atoms with E-state index in [4.69, 9.17) is 26.4 Å². The summed E-state index contributed by atoms with van der Waals surface area (Å²) in [5.74, 6) is 0.729. The number of carbonyl (C=O) groups excluding carboxylic acids is 1. The van der Waals surface area contributed by atoms with Gasteiger partial charge in [0.1, 0.15) is 13.2 Å². The minimum absolute atomic E-state index is 0.00523. The van der Waals surface area contributed by atoms with Crippen molar-refractivity contribution in [2.45, 2.75) is 0 Å². The van der Waals surface area contributed by atoms with Crippen LogP contribution in [0, 0.1) is 10.1 Å². The Labute approximate surface area is 159 Å². The molecule has 0 radical (unpaired) electrons. The maximum absolute atomic E-state index is 12.3. The third-order valence-electron chi connectivity index (χ3n) is 3.66. The SMILES string of the molecule is COc1ccc(NC(=S)NC(=O)c2ccc3c(c2)OCCO3)cc1[N+](=O)[O-]. The van der Waals surface area contributed by atoms with Crippen molar-refractivity contribution in [2.75, 3.05) is 25.6 Å². The third kappa shape index (κ3) is 4.23. The molecular formula is C17H15N3O6S. The maximum atomic E-state index is 12.3. The standard InChI is InChI=1S/C17H15N3O6S/c1-24-13-5-3-11(9-12(13)20(22)23)18-17(27)19-16(21)10-2-4-14-15(8-10)26-7-6-25-14/h2-5,8-9H,6-7H2,1H3,(H2,18,19,21,27). The molecule has 0 unspecified atom stereocenters. The van der Waals surface area contributed by atoms with Gasteiger partial charge in [-0.15, -0.1) is 0 Å². The van der Waals surface area contributed by atoms with Crippen molar-refractivity contribution in [3.05, 3.63) is 52.1 Å². The molecule has 1 aliphatic heterocycles. The predicted molar refractivity (Wildman–Crippen MR) is 101 cm³/mol. The molecular weight excluding hydrogens is 374 g/mol. The van der Waals surface area contributed by atoms with Gasteiger partial charge in [0.25, 0.3) is 5.91 Å². The summed E-state index contributed by atoms with van der Waals surface area (Å²) in [5.41, 5.74) is 0.461. The number of nitrogens with one attached hydrogen (secondary N) is 2. The van der Waals surface area contributed by atoms with Gasteiger partial charge in [0, 0.05) is 17.3 Å². The molecule has 2 aromatic rings. The lowest BCUT2D eigenvalue weighted by molar-refractivity contribution is -0.385. The van der Waals surface area contributed by atoms with Gasteiger partial charge in [-0.2, -0.15) is 0 Å². The summed E-state index contributed by atoms with van der Waals surface area (Å²) in [6.07, 6.45) is 0. The highest BCUT2D eigenvalue weighted by Gasteiger charge is 2.17. The Kier molecular flexibility index (Phi) is 5.36. The van der Waals surface area contributed by atoms with Crippen LogP contribution in [0.4, 0.5) is 11.4 Å². The van der Waals surface area contributed by atoms with Crippen molar-refractivity contribution in [2.24, 2.45) is 0 Å².